The molecule has 0 saturated heterocycles. The van der Waals surface area contributed by atoms with Crippen molar-refractivity contribution >= 4 is 23.6 Å². The highest BCUT2D eigenvalue weighted by atomic mass is 19.1. The number of ether oxygens (including phenoxy) is 2. The van der Waals surface area contributed by atoms with Crippen LogP contribution in [0.25, 0.3) is 0 Å². The van der Waals surface area contributed by atoms with Crippen LogP contribution in [0.2, 0.25) is 0 Å². The lowest BCUT2D eigenvalue weighted by atomic mass is 10.2. The van der Waals surface area contributed by atoms with Gasteiger partial charge in [-0.15, -0.1) is 0 Å². The third-order valence-electron chi connectivity index (χ3n) is 3.28. The summed E-state index contributed by atoms with van der Waals surface area (Å²) in [6.45, 7) is 4.71. The first-order valence-corrected chi connectivity index (χ1v) is 8.70. The Morgan fingerprint density at radius 3 is 2.41 bits per heavy atom. The number of hydrogen-bond donors (Lipinski definition) is 3. The summed E-state index contributed by atoms with van der Waals surface area (Å²) in [5.41, 5.74) is 4.25. The molecule has 0 saturated carbocycles. The first-order valence-electron chi connectivity index (χ1n) is 8.70. The summed E-state index contributed by atoms with van der Waals surface area (Å²) in [6, 6.07) is 11.7. The summed E-state index contributed by atoms with van der Waals surface area (Å²) in [7, 11) is 0. The van der Waals surface area contributed by atoms with Crippen molar-refractivity contribution in [2.24, 2.45) is 0 Å². The Balaban J connectivity index is 1.85. The van der Waals surface area contributed by atoms with Crippen molar-refractivity contribution in [3.63, 3.8) is 0 Å². The summed E-state index contributed by atoms with van der Waals surface area (Å²) in [4.78, 5) is 35.7. The molecule has 0 aliphatic heterocycles. The highest BCUT2D eigenvalue weighted by Crippen LogP contribution is 2.15. The first kappa shape index (κ1) is 21.7. The van der Waals surface area contributed by atoms with Crippen LogP contribution in [0.1, 0.15) is 31.1 Å². The lowest BCUT2D eigenvalue weighted by Gasteiger charge is -2.19. The fraction of sp³-hybridized carbons (Fsp3) is 0.250. The van der Waals surface area contributed by atoms with Crippen molar-refractivity contribution in [3.8, 4) is 5.75 Å². The van der Waals surface area contributed by atoms with E-state index in [1.807, 2.05) is 0 Å². The standard InChI is InChI=1S/C20H22FN3O5/c1-20(2,3)29-19(27)22-14-8-6-7-13(11-14)18(26)24-23-17(25)12-28-16-10-5-4-9-15(16)21/h4-11H,12H2,1-3H3,(H,22,27)(H,23,25)(H,24,26). The molecule has 2 aromatic carbocycles. The molecule has 2 rings (SSSR count). The minimum absolute atomic E-state index is 0.0742. The fourth-order valence-corrected chi connectivity index (χ4v) is 2.10. The van der Waals surface area contributed by atoms with Crippen LogP contribution in [-0.4, -0.2) is 30.1 Å². The van der Waals surface area contributed by atoms with Crippen LogP contribution < -0.4 is 20.9 Å². The molecule has 0 aliphatic rings. The monoisotopic (exact) mass is 403 g/mol. The second kappa shape index (κ2) is 9.54. The minimum atomic E-state index is -0.676. The number of para-hydroxylation sites is 1. The van der Waals surface area contributed by atoms with E-state index in [4.69, 9.17) is 9.47 Å². The number of nitrogens with one attached hydrogen (secondary N) is 3. The maximum Gasteiger partial charge on any atom is 0.412 e. The summed E-state index contributed by atoms with van der Waals surface area (Å²) < 4.78 is 23.6. The van der Waals surface area contributed by atoms with Crippen molar-refractivity contribution in [2.75, 3.05) is 11.9 Å². The molecule has 0 radical (unpaired) electrons. The van der Waals surface area contributed by atoms with Gasteiger partial charge in [0.2, 0.25) is 0 Å². The van der Waals surface area contributed by atoms with E-state index in [0.29, 0.717) is 5.69 Å². The lowest BCUT2D eigenvalue weighted by Crippen LogP contribution is -2.43. The molecule has 0 bridgehead atoms. The molecule has 0 aliphatic carbocycles. The second-order valence-corrected chi connectivity index (χ2v) is 6.93. The molecule has 9 heteroatoms. The smallest absolute Gasteiger partial charge is 0.412 e. The molecule has 0 atom stereocenters. The van der Waals surface area contributed by atoms with Crippen molar-refractivity contribution in [1.82, 2.24) is 10.9 Å². The van der Waals surface area contributed by atoms with Crippen LogP contribution in [0.15, 0.2) is 48.5 Å². The van der Waals surface area contributed by atoms with E-state index in [0.717, 1.165) is 0 Å². The number of hydrazine groups is 1. The van der Waals surface area contributed by atoms with Crippen molar-refractivity contribution in [2.45, 2.75) is 26.4 Å². The Kier molecular flexibility index (Phi) is 7.13. The quantitative estimate of drug-likeness (QED) is 0.666. The molecule has 0 aromatic heterocycles. The van der Waals surface area contributed by atoms with Crippen LogP contribution in [0.3, 0.4) is 0 Å². The number of carbonyl (C=O) groups excluding carboxylic acids is 3. The van der Waals surface area contributed by atoms with E-state index in [9.17, 15) is 18.8 Å². The molecular weight excluding hydrogens is 381 g/mol. The van der Waals surface area contributed by atoms with Gasteiger partial charge >= 0.3 is 6.09 Å². The zero-order chi connectivity index (χ0) is 21.4. The van der Waals surface area contributed by atoms with Crippen LogP contribution in [-0.2, 0) is 9.53 Å². The van der Waals surface area contributed by atoms with Crippen molar-refractivity contribution < 1.29 is 28.2 Å². The highest BCUT2D eigenvalue weighted by Gasteiger charge is 2.17. The number of benzene rings is 2. The van der Waals surface area contributed by atoms with Gasteiger partial charge in [-0.25, -0.2) is 9.18 Å². The van der Waals surface area contributed by atoms with Crippen LogP contribution >= 0.6 is 0 Å². The number of carbonyl (C=O) groups is 3. The number of halogens is 1. The van der Waals surface area contributed by atoms with E-state index in [-0.39, 0.29) is 11.3 Å². The molecule has 0 unspecified atom stereocenters. The Morgan fingerprint density at radius 2 is 1.72 bits per heavy atom. The van der Waals surface area contributed by atoms with E-state index >= 15 is 0 Å². The normalized spacial score (nSPS) is 10.6. The second-order valence-electron chi connectivity index (χ2n) is 6.93. The zero-order valence-electron chi connectivity index (χ0n) is 16.2. The number of hydrogen-bond acceptors (Lipinski definition) is 5. The van der Waals surface area contributed by atoms with Crippen molar-refractivity contribution in [3.05, 3.63) is 59.9 Å². The van der Waals surface area contributed by atoms with E-state index in [1.165, 1.54) is 30.3 Å². The largest absolute Gasteiger partial charge is 0.481 e. The van der Waals surface area contributed by atoms with Gasteiger partial charge in [0.15, 0.2) is 18.2 Å². The number of anilines is 1. The van der Waals surface area contributed by atoms with Gasteiger partial charge in [0.05, 0.1) is 0 Å². The third-order valence-corrected chi connectivity index (χ3v) is 3.28. The van der Waals surface area contributed by atoms with Crippen molar-refractivity contribution in [1.29, 1.82) is 0 Å². The molecule has 8 nitrogen and oxygen atoms in total. The average Bonchev–Trinajstić information content (AvgIpc) is 2.64. The maximum absolute atomic E-state index is 13.4. The number of amides is 3. The van der Waals surface area contributed by atoms with Gasteiger partial charge in [-0.2, -0.15) is 0 Å². The highest BCUT2D eigenvalue weighted by molar-refractivity contribution is 5.97. The van der Waals surface area contributed by atoms with Crippen LogP contribution in [0.4, 0.5) is 14.9 Å². The van der Waals surface area contributed by atoms with E-state index in [2.05, 4.69) is 16.2 Å². The SMILES string of the molecule is CC(C)(C)OC(=O)Nc1cccc(C(=O)NNC(=O)COc2ccccc2F)c1. The molecule has 0 spiro atoms. The Labute approximate surface area is 167 Å². The summed E-state index contributed by atoms with van der Waals surface area (Å²) in [5, 5.41) is 2.52. The van der Waals surface area contributed by atoms with Crippen LogP contribution in [0, 0.1) is 5.82 Å². The molecule has 3 N–H and O–H groups in total. The maximum atomic E-state index is 13.4. The topological polar surface area (TPSA) is 106 Å². The third kappa shape index (κ3) is 7.49. The summed E-state index contributed by atoms with van der Waals surface area (Å²) in [5.74, 6) is -1.96. The predicted molar refractivity (Wildman–Crippen MR) is 104 cm³/mol. The van der Waals surface area contributed by atoms with E-state index < -0.39 is 35.9 Å². The first-order chi connectivity index (χ1) is 13.6. The lowest BCUT2D eigenvalue weighted by molar-refractivity contribution is -0.123. The Hall–Kier alpha value is -3.62. The Bertz CT molecular complexity index is 896. The Morgan fingerprint density at radius 1 is 1.00 bits per heavy atom. The number of rotatable bonds is 5. The molecular formula is C20H22FN3O5. The molecule has 3 amide bonds. The minimum Gasteiger partial charge on any atom is -0.481 e. The average molecular weight is 403 g/mol. The molecule has 0 fully saturated rings. The van der Waals surface area contributed by atoms with Gasteiger partial charge in [-0.05, 0) is 51.1 Å². The summed E-state index contributed by atoms with van der Waals surface area (Å²) >= 11 is 0. The van der Waals surface area contributed by atoms with Gasteiger partial charge in [0.25, 0.3) is 11.8 Å². The summed E-state index contributed by atoms with van der Waals surface area (Å²) in [6.07, 6.45) is -0.659. The van der Waals surface area contributed by atoms with Gasteiger partial charge in [-0.3, -0.25) is 25.8 Å². The van der Waals surface area contributed by atoms with Gasteiger partial charge in [0.1, 0.15) is 5.60 Å². The van der Waals surface area contributed by atoms with Crippen LogP contribution in [0.5, 0.6) is 5.75 Å². The molecule has 154 valence electrons. The molecule has 0 heterocycles. The van der Waals surface area contributed by atoms with Gasteiger partial charge in [-0.1, -0.05) is 18.2 Å². The van der Waals surface area contributed by atoms with Gasteiger partial charge < -0.3 is 9.47 Å². The molecule has 2 aromatic rings. The zero-order valence-corrected chi connectivity index (χ0v) is 16.2. The van der Waals surface area contributed by atoms with E-state index in [1.54, 1.807) is 39.0 Å². The predicted octanol–water partition coefficient (Wildman–Crippen LogP) is 3.01. The molecule has 29 heavy (non-hydrogen) atoms. The fourth-order valence-electron chi connectivity index (χ4n) is 2.10. The van der Waals surface area contributed by atoms with Gasteiger partial charge in [0, 0.05) is 11.3 Å².